The number of carboxylic acid groups (broad SMARTS) is 1. The molecule has 0 aromatic rings. The van der Waals surface area contributed by atoms with Crippen LogP contribution in [0.5, 0.6) is 0 Å². The van der Waals surface area contributed by atoms with Crippen LogP contribution in [-0.2, 0) is 9.53 Å². The van der Waals surface area contributed by atoms with Crippen molar-refractivity contribution >= 4 is 5.97 Å². The molecule has 0 saturated heterocycles. The molecule has 72 valence electrons. The van der Waals surface area contributed by atoms with E-state index in [1.54, 1.807) is 19.0 Å². The van der Waals surface area contributed by atoms with E-state index in [-0.39, 0.29) is 6.61 Å². The van der Waals surface area contributed by atoms with Crippen molar-refractivity contribution in [3.63, 3.8) is 0 Å². The second kappa shape index (κ2) is 4.42. The molecule has 0 aromatic carbocycles. The highest BCUT2D eigenvalue weighted by molar-refractivity contribution is 5.78. The second-order valence-electron chi connectivity index (χ2n) is 3.02. The third-order valence-electron chi connectivity index (χ3n) is 2.22. The molecule has 0 bridgehead atoms. The van der Waals surface area contributed by atoms with E-state index < -0.39 is 11.5 Å². The van der Waals surface area contributed by atoms with Gasteiger partial charge in [-0.2, -0.15) is 0 Å². The first kappa shape index (κ1) is 11.4. The van der Waals surface area contributed by atoms with Crippen molar-refractivity contribution in [1.29, 1.82) is 0 Å². The molecule has 0 aliphatic heterocycles. The Bertz CT molecular complexity index is 158. The molecule has 1 N–H and O–H groups in total. The number of ether oxygens (including phenoxy) is 1. The number of rotatable bonds is 5. The summed E-state index contributed by atoms with van der Waals surface area (Å²) in [6.07, 6.45) is 0.531. The molecule has 0 aliphatic carbocycles. The standard InChI is InChI=1S/C8H17NO3/c1-5-8(6-12-4,7(10)11)9(2)3/h5-6H2,1-4H3,(H,10,11). The molecule has 0 rings (SSSR count). The van der Waals surface area contributed by atoms with Crippen molar-refractivity contribution in [2.75, 3.05) is 27.8 Å². The summed E-state index contributed by atoms with van der Waals surface area (Å²) in [4.78, 5) is 12.6. The number of likely N-dealkylation sites (N-methyl/N-ethyl adjacent to an activating group) is 1. The van der Waals surface area contributed by atoms with E-state index in [9.17, 15) is 4.79 Å². The lowest BCUT2D eigenvalue weighted by atomic mass is 9.96. The zero-order chi connectivity index (χ0) is 9.78. The number of nitrogens with zero attached hydrogens (tertiary/aromatic N) is 1. The molecule has 0 heterocycles. The van der Waals surface area contributed by atoms with Crippen LogP contribution in [0.3, 0.4) is 0 Å². The van der Waals surface area contributed by atoms with Crippen LogP contribution in [0.1, 0.15) is 13.3 Å². The minimum atomic E-state index is -0.880. The van der Waals surface area contributed by atoms with Gasteiger partial charge in [-0.1, -0.05) is 6.92 Å². The first-order chi connectivity index (χ1) is 5.51. The topological polar surface area (TPSA) is 49.8 Å². The third kappa shape index (κ3) is 1.95. The first-order valence-corrected chi connectivity index (χ1v) is 3.91. The third-order valence-corrected chi connectivity index (χ3v) is 2.22. The average molecular weight is 175 g/mol. The number of carbonyl (C=O) groups is 1. The van der Waals surface area contributed by atoms with E-state index in [2.05, 4.69) is 0 Å². The van der Waals surface area contributed by atoms with Crippen LogP contribution in [0, 0.1) is 0 Å². The smallest absolute Gasteiger partial charge is 0.326 e. The predicted molar refractivity (Wildman–Crippen MR) is 46.2 cm³/mol. The summed E-state index contributed by atoms with van der Waals surface area (Å²) < 4.78 is 4.90. The highest BCUT2D eigenvalue weighted by Gasteiger charge is 2.39. The Labute approximate surface area is 73.1 Å². The van der Waals surface area contributed by atoms with Gasteiger partial charge in [-0.25, -0.2) is 0 Å². The lowest BCUT2D eigenvalue weighted by Gasteiger charge is -2.34. The highest BCUT2D eigenvalue weighted by Crippen LogP contribution is 2.17. The highest BCUT2D eigenvalue weighted by atomic mass is 16.5. The van der Waals surface area contributed by atoms with Gasteiger partial charge in [0.25, 0.3) is 0 Å². The maximum Gasteiger partial charge on any atom is 0.326 e. The largest absolute Gasteiger partial charge is 0.480 e. The summed E-state index contributed by atoms with van der Waals surface area (Å²) >= 11 is 0. The van der Waals surface area contributed by atoms with Gasteiger partial charge >= 0.3 is 5.97 Å². The average Bonchev–Trinajstić information content (AvgIpc) is 1.98. The lowest BCUT2D eigenvalue weighted by Crippen LogP contribution is -2.54. The molecular weight excluding hydrogens is 158 g/mol. The number of hydrogen-bond acceptors (Lipinski definition) is 3. The quantitative estimate of drug-likeness (QED) is 0.658. The van der Waals surface area contributed by atoms with E-state index in [0.29, 0.717) is 6.42 Å². The van der Waals surface area contributed by atoms with Gasteiger partial charge in [0.2, 0.25) is 0 Å². The van der Waals surface area contributed by atoms with Crippen LogP contribution in [0.4, 0.5) is 0 Å². The fourth-order valence-electron chi connectivity index (χ4n) is 1.19. The predicted octanol–water partition coefficient (Wildman–Crippen LogP) is 0.428. The zero-order valence-electron chi connectivity index (χ0n) is 8.13. The Morgan fingerprint density at radius 3 is 2.17 bits per heavy atom. The molecule has 1 unspecified atom stereocenters. The van der Waals surface area contributed by atoms with Gasteiger partial charge < -0.3 is 9.84 Å². The molecule has 0 spiro atoms. The molecule has 4 nitrogen and oxygen atoms in total. The molecule has 0 aromatic heterocycles. The van der Waals surface area contributed by atoms with Gasteiger partial charge in [-0.15, -0.1) is 0 Å². The van der Waals surface area contributed by atoms with Crippen LogP contribution >= 0.6 is 0 Å². The van der Waals surface area contributed by atoms with Crippen LogP contribution in [0.25, 0.3) is 0 Å². The normalized spacial score (nSPS) is 16.1. The van der Waals surface area contributed by atoms with Crippen LogP contribution in [-0.4, -0.2) is 49.3 Å². The fourth-order valence-corrected chi connectivity index (χ4v) is 1.19. The van der Waals surface area contributed by atoms with Crippen molar-refractivity contribution < 1.29 is 14.6 Å². The van der Waals surface area contributed by atoms with Crippen molar-refractivity contribution in [3.8, 4) is 0 Å². The SMILES string of the molecule is CCC(COC)(C(=O)O)N(C)C. The number of hydrogen-bond donors (Lipinski definition) is 1. The molecule has 0 radical (unpaired) electrons. The summed E-state index contributed by atoms with van der Waals surface area (Å²) in [5.74, 6) is -0.836. The van der Waals surface area contributed by atoms with E-state index >= 15 is 0 Å². The van der Waals surface area contributed by atoms with Crippen molar-refractivity contribution in [2.24, 2.45) is 0 Å². The Morgan fingerprint density at radius 2 is 2.08 bits per heavy atom. The van der Waals surface area contributed by atoms with Gasteiger partial charge in [0.15, 0.2) is 0 Å². The number of methoxy groups -OCH3 is 1. The Morgan fingerprint density at radius 1 is 1.58 bits per heavy atom. The molecule has 4 heteroatoms. The zero-order valence-corrected chi connectivity index (χ0v) is 8.13. The number of aliphatic carboxylic acids is 1. The monoisotopic (exact) mass is 175 g/mol. The molecule has 1 atom stereocenters. The summed E-state index contributed by atoms with van der Waals surface area (Å²) in [7, 11) is 5.00. The Balaban J connectivity index is 4.63. The van der Waals surface area contributed by atoms with Crippen LogP contribution < -0.4 is 0 Å². The van der Waals surface area contributed by atoms with Gasteiger partial charge in [-0.05, 0) is 20.5 Å². The molecule has 12 heavy (non-hydrogen) atoms. The Kier molecular flexibility index (Phi) is 4.20. The van der Waals surface area contributed by atoms with Crippen molar-refractivity contribution in [2.45, 2.75) is 18.9 Å². The van der Waals surface area contributed by atoms with E-state index in [4.69, 9.17) is 9.84 Å². The van der Waals surface area contributed by atoms with Gasteiger partial charge in [-0.3, -0.25) is 9.69 Å². The number of carboxylic acids is 1. The van der Waals surface area contributed by atoms with E-state index in [1.807, 2.05) is 6.92 Å². The van der Waals surface area contributed by atoms with Gasteiger partial charge in [0.05, 0.1) is 6.61 Å². The van der Waals surface area contributed by atoms with Crippen molar-refractivity contribution in [1.82, 2.24) is 4.90 Å². The second-order valence-corrected chi connectivity index (χ2v) is 3.02. The Hall–Kier alpha value is -0.610. The van der Waals surface area contributed by atoms with E-state index in [0.717, 1.165) is 0 Å². The summed E-state index contributed by atoms with van der Waals surface area (Å²) in [5.41, 5.74) is -0.880. The van der Waals surface area contributed by atoms with Gasteiger partial charge in [0, 0.05) is 7.11 Å². The molecule has 0 fully saturated rings. The minimum absolute atomic E-state index is 0.214. The maximum absolute atomic E-state index is 11.0. The maximum atomic E-state index is 11.0. The molecule has 0 saturated carbocycles. The first-order valence-electron chi connectivity index (χ1n) is 3.91. The summed E-state index contributed by atoms with van der Waals surface area (Å²) in [5, 5.41) is 9.00. The van der Waals surface area contributed by atoms with Crippen LogP contribution in [0.15, 0.2) is 0 Å². The lowest BCUT2D eigenvalue weighted by molar-refractivity contribution is -0.153. The fraction of sp³-hybridized carbons (Fsp3) is 0.875. The molecule has 0 amide bonds. The summed E-state index contributed by atoms with van der Waals surface area (Å²) in [6, 6.07) is 0. The van der Waals surface area contributed by atoms with Gasteiger partial charge in [0.1, 0.15) is 5.54 Å². The van der Waals surface area contributed by atoms with Crippen molar-refractivity contribution in [3.05, 3.63) is 0 Å². The van der Waals surface area contributed by atoms with Crippen LogP contribution in [0.2, 0.25) is 0 Å². The molecule has 0 aliphatic rings. The molecular formula is C8H17NO3. The van der Waals surface area contributed by atoms with E-state index in [1.165, 1.54) is 7.11 Å². The summed E-state index contributed by atoms with van der Waals surface area (Å²) in [6.45, 7) is 2.05. The minimum Gasteiger partial charge on any atom is -0.480 e.